The van der Waals surface area contributed by atoms with Crippen molar-refractivity contribution in [1.82, 2.24) is 10.7 Å². The molecule has 0 radical (unpaired) electrons. The summed E-state index contributed by atoms with van der Waals surface area (Å²) in [5.74, 6) is 0.217. The van der Waals surface area contributed by atoms with Crippen molar-refractivity contribution in [2.24, 2.45) is 5.10 Å². The summed E-state index contributed by atoms with van der Waals surface area (Å²) >= 11 is 0. The lowest BCUT2D eigenvalue weighted by Crippen LogP contribution is -2.39. The third-order valence-corrected chi connectivity index (χ3v) is 8.65. The van der Waals surface area contributed by atoms with Crippen LogP contribution in [-0.2, 0) is 19.6 Å². The number of rotatable bonds is 12. The molecule has 0 unspecified atom stereocenters. The Morgan fingerprint density at radius 3 is 2.36 bits per heavy atom. The van der Waals surface area contributed by atoms with Gasteiger partial charge in [-0.2, -0.15) is 5.10 Å². The molecule has 1 aliphatic carbocycles. The molecule has 222 valence electrons. The molecule has 1 aliphatic rings. The van der Waals surface area contributed by atoms with E-state index in [1.54, 1.807) is 60.7 Å². The van der Waals surface area contributed by atoms with Crippen molar-refractivity contribution < 1.29 is 27.5 Å². The topological polar surface area (TPSA) is 126 Å². The number of hydrogen-bond donors (Lipinski definition) is 2. The molecule has 0 heterocycles. The van der Waals surface area contributed by atoms with Gasteiger partial charge >= 0.3 is 0 Å². The second-order valence-electron chi connectivity index (χ2n) is 10.1. The van der Waals surface area contributed by atoms with Crippen molar-refractivity contribution in [1.29, 1.82) is 0 Å². The van der Waals surface area contributed by atoms with E-state index < -0.39 is 22.5 Å². The first-order valence-corrected chi connectivity index (χ1v) is 15.3. The van der Waals surface area contributed by atoms with Gasteiger partial charge in [0.05, 0.1) is 23.9 Å². The van der Waals surface area contributed by atoms with Crippen molar-refractivity contribution >= 4 is 33.7 Å². The average molecular weight is 593 g/mol. The van der Waals surface area contributed by atoms with Crippen LogP contribution in [0.25, 0.3) is 0 Å². The van der Waals surface area contributed by atoms with Crippen molar-refractivity contribution in [3.8, 4) is 11.5 Å². The highest BCUT2D eigenvalue weighted by molar-refractivity contribution is 7.92. The number of amides is 2. The predicted octanol–water partition coefficient (Wildman–Crippen LogP) is 4.18. The maximum absolute atomic E-state index is 13.5. The van der Waals surface area contributed by atoms with Crippen LogP contribution in [0.2, 0.25) is 0 Å². The summed E-state index contributed by atoms with van der Waals surface area (Å²) in [4.78, 5) is 25.1. The van der Waals surface area contributed by atoms with Gasteiger partial charge in [0.2, 0.25) is 0 Å². The second-order valence-corrected chi connectivity index (χ2v) is 11.9. The van der Waals surface area contributed by atoms with E-state index in [-0.39, 0.29) is 29.1 Å². The molecule has 2 N–H and O–H groups in total. The number of hydrazone groups is 1. The molecule has 1 fully saturated rings. The minimum atomic E-state index is -4.07. The lowest BCUT2D eigenvalue weighted by molar-refractivity contribution is -0.124. The fraction of sp³-hybridized carbons (Fsp3) is 0.323. The van der Waals surface area contributed by atoms with Crippen LogP contribution in [0, 0.1) is 6.92 Å². The molecule has 4 rings (SSSR count). The van der Waals surface area contributed by atoms with E-state index in [2.05, 4.69) is 15.8 Å². The Hall–Kier alpha value is -4.38. The predicted molar refractivity (Wildman–Crippen MR) is 161 cm³/mol. The average Bonchev–Trinajstić information content (AvgIpc) is 3.00. The molecule has 42 heavy (non-hydrogen) atoms. The molecule has 0 atom stereocenters. The zero-order valence-electron chi connectivity index (χ0n) is 23.8. The van der Waals surface area contributed by atoms with E-state index >= 15 is 0 Å². The summed E-state index contributed by atoms with van der Waals surface area (Å²) in [5, 5.41) is 7.00. The highest BCUT2D eigenvalue weighted by Gasteiger charge is 2.27. The van der Waals surface area contributed by atoms with Gasteiger partial charge in [0.15, 0.2) is 6.61 Å². The van der Waals surface area contributed by atoms with Crippen LogP contribution in [0.4, 0.5) is 5.69 Å². The molecule has 10 nitrogen and oxygen atoms in total. The van der Waals surface area contributed by atoms with Gasteiger partial charge < -0.3 is 14.8 Å². The molecule has 0 spiro atoms. The summed E-state index contributed by atoms with van der Waals surface area (Å²) in [6.45, 7) is 1.30. The first-order valence-electron chi connectivity index (χ1n) is 13.8. The van der Waals surface area contributed by atoms with E-state index in [1.807, 2.05) is 6.92 Å². The first kappa shape index (κ1) is 30.6. The van der Waals surface area contributed by atoms with Crippen molar-refractivity contribution in [2.45, 2.75) is 50.0 Å². The molecule has 11 heteroatoms. The molecule has 3 aromatic rings. The second kappa shape index (κ2) is 14.5. The van der Waals surface area contributed by atoms with Crippen LogP contribution in [0.5, 0.6) is 11.5 Å². The number of sulfonamides is 1. The Labute approximate surface area is 246 Å². The van der Waals surface area contributed by atoms with Crippen molar-refractivity contribution in [3.05, 3.63) is 83.9 Å². The third-order valence-electron chi connectivity index (χ3n) is 6.86. The van der Waals surface area contributed by atoms with E-state index in [4.69, 9.17) is 9.47 Å². The zero-order chi connectivity index (χ0) is 30.0. The number of hydrogen-bond acceptors (Lipinski definition) is 7. The lowest BCUT2D eigenvalue weighted by atomic mass is 9.95. The molecule has 0 aliphatic heterocycles. The fourth-order valence-corrected chi connectivity index (χ4v) is 5.99. The summed E-state index contributed by atoms with van der Waals surface area (Å²) in [7, 11) is -2.59. The summed E-state index contributed by atoms with van der Waals surface area (Å²) in [6, 6.07) is 20.0. The number of carbonyl (C=O) groups excluding carboxylic acids is 2. The molecule has 0 bridgehead atoms. The van der Waals surface area contributed by atoms with Gasteiger partial charge in [-0.25, -0.2) is 13.8 Å². The number of benzene rings is 3. The number of ether oxygens (including phenoxy) is 2. The van der Waals surface area contributed by atoms with Crippen LogP contribution < -0.4 is 24.5 Å². The van der Waals surface area contributed by atoms with Crippen LogP contribution >= 0.6 is 0 Å². The quantitative estimate of drug-likeness (QED) is 0.240. The smallest absolute Gasteiger partial charge is 0.264 e. The third kappa shape index (κ3) is 8.56. The van der Waals surface area contributed by atoms with Gasteiger partial charge in [-0.15, -0.1) is 0 Å². The summed E-state index contributed by atoms with van der Waals surface area (Å²) < 4.78 is 38.9. The van der Waals surface area contributed by atoms with E-state index in [0.29, 0.717) is 17.1 Å². The van der Waals surface area contributed by atoms with Gasteiger partial charge in [-0.1, -0.05) is 43.0 Å². The van der Waals surface area contributed by atoms with Gasteiger partial charge in [-0.05, 0) is 73.9 Å². The fourth-order valence-electron chi connectivity index (χ4n) is 4.58. The van der Waals surface area contributed by atoms with Crippen LogP contribution in [-0.4, -0.2) is 52.8 Å². The molecule has 0 aromatic heterocycles. The minimum Gasteiger partial charge on any atom is -0.497 e. The Morgan fingerprint density at radius 1 is 0.952 bits per heavy atom. The van der Waals surface area contributed by atoms with Crippen LogP contribution in [0.1, 0.15) is 43.2 Å². The minimum absolute atomic E-state index is 0.0565. The Balaban J connectivity index is 1.35. The number of aryl methyl sites for hydroxylation is 1. The molecule has 2 amide bonds. The molecule has 3 aromatic carbocycles. The SMILES string of the molecule is COc1cccc(N(CC(=O)N/N=C\c2ccc(OCC(=O)NC3CCCCC3)cc2)S(=O)(=O)c2ccc(C)cc2)c1. The molecule has 0 saturated heterocycles. The Bertz CT molecular complexity index is 1480. The van der Waals surface area contributed by atoms with Gasteiger partial charge in [0, 0.05) is 12.1 Å². The molecular weight excluding hydrogens is 556 g/mol. The van der Waals surface area contributed by atoms with Gasteiger partial charge in [0.25, 0.3) is 21.8 Å². The maximum Gasteiger partial charge on any atom is 0.264 e. The number of nitrogens with zero attached hydrogens (tertiary/aromatic N) is 2. The number of anilines is 1. The largest absolute Gasteiger partial charge is 0.497 e. The van der Waals surface area contributed by atoms with Crippen molar-refractivity contribution in [2.75, 3.05) is 24.6 Å². The number of nitrogens with one attached hydrogen (secondary N) is 2. The highest BCUT2D eigenvalue weighted by Crippen LogP contribution is 2.27. The summed E-state index contributed by atoms with van der Waals surface area (Å²) in [6.07, 6.45) is 6.96. The Kier molecular flexibility index (Phi) is 10.6. The van der Waals surface area contributed by atoms with E-state index in [1.165, 1.54) is 31.9 Å². The maximum atomic E-state index is 13.5. The number of carbonyl (C=O) groups is 2. The van der Waals surface area contributed by atoms with Crippen molar-refractivity contribution in [3.63, 3.8) is 0 Å². The van der Waals surface area contributed by atoms with E-state index in [9.17, 15) is 18.0 Å². The monoisotopic (exact) mass is 592 g/mol. The number of methoxy groups -OCH3 is 1. The van der Waals surface area contributed by atoms with Crippen LogP contribution in [0.15, 0.2) is 82.8 Å². The van der Waals surface area contributed by atoms with Gasteiger partial charge in [0.1, 0.15) is 18.0 Å². The Morgan fingerprint density at radius 2 is 1.67 bits per heavy atom. The molecule has 1 saturated carbocycles. The molecular formula is C31H36N4O6S. The van der Waals surface area contributed by atoms with E-state index in [0.717, 1.165) is 35.6 Å². The first-order chi connectivity index (χ1) is 20.2. The zero-order valence-corrected chi connectivity index (χ0v) is 24.6. The highest BCUT2D eigenvalue weighted by atomic mass is 32.2. The van der Waals surface area contributed by atoms with Crippen LogP contribution in [0.3, 0.4) is 0 Å². The lowest BCUT2D eigenvalue weighted by Gasteiger charge is -2.24. The van der Waals surface area contributed by atoms with Gasteiger partial charge in [-0.3, -0.25) is 13.9 Å². The standard InChI is InChI=1S/C31H36N4O6S/c1-23-11-17-29(18-12-23)42(38,39)35(26-9-6-10-28(19-26)40-2)21-30(36)34-32-20-24-13-15-27(16-14-24)41-22-31(37)33-25-7-4-3-5-8-25/h6,9-20,25H,3-5,7-8,21-22H2,1-2H3,(H,33,37)(H,34,36)/b32-20-. The normalized spacial score (nSPS) is 13.9. The summed E-state index contributed by atoms with van der Waals surface area (Å²) in [5.41, 5.74) is 4.25.